The molecule has 0 radical (unpaired) electrons. The van der Waals surface area contributed by atoms with Gasteiger partial charge in [0.05, 0.1) is 19.6 Å². The molecule has 0 spiro atoms. The Labute approximate surface area is 125 Å². The first-order valence-corrected chi connectivity index (χ1v) is 7.13. The van der Waals surface area contributed by atoms with Crippen LogP contribution in [0.4, 0.5) is 0 Å². The molecule has 0 bridgehead atoms. The fourth-order valence-corrected chi connectivity index (χ4v) is 3.43. The highest BCUT2D eigenvalue weighted by Gasteiger charge is 2.34. The lowest BCUT2D eigenvalue weighted by Crippen LogP contribution is -2.34. The van der Waals surface area contributed by atoms with Gasteiger partial charge in [0.25, 0.3) is 0 Å². The largest absolute Gasteiger partial charge is 0.493 e. The lowest BCUT2D eigenvalue weighted by atomic mass is 10.0. The molecular weight excluding hydrogens is 298 g/mol. The zero-order valence-corrected chi connectivity index (χ0v) is 12.3. The average Bonchev–Trinajstić information content (AvgIpc) is 2.95. The minimum absolute atomic E-state index is 0.0205. The number of carboxylic acids is 2. The van der Waals surface area contributed by atoms with E-state index in [2.05, 4.69) is 5.32 Å². The van der Waals surface area contributed by atoms with Gasteiger partial charge >= 0.3 is 11.9 Å². The van der Waals surface area contributed by atoms with Crippen LogP contribution in [0.1, 0.15) is 21.3 Å². The second-order valence-corrected chi connectivity index (χ2v) is 5.48. The van der Waals surface area contributed by atoms with Crippen molar-refractivity contribution in [3.8, 4) is 11.5 Å². The van der Waals surface area contributed by atoms with Gasteiger partial charge in [-0.3, -0.25) is 10.1 Å². The number of hydrogen-bond acceptors (Lipinski definition) is 6. The van der Waals surface area contributed by atoms with Gasteiger partial charge in [0, 0.05) is 5.75 Å². The molecule has 1 aliphatic heterocycles. The van der Waals surface area contributed by atoms with E-state index in [9.17, 15) is 14.7 Å². The smallest absolute Gasteiger partial charge is 0.340 e. The lowest BCUT2D eigenvalue weighted by Gasteiger charge is -2.18. The molecule has 2 rings (SSSR count). The molecule has 1 aliphatic rings. The van der Waals surface area contributed by atoms with Gasteiger partial charge in [-0.25, -0.2) is 4.79 Å². The van der Waals surface area contributed by atoms with Gasteiger partial charge in [0.2, 0.25) is 0 Å². The maximum atomic E-state index is 11.6. The third kappa shape index (κ3) is 2.91. The van der Waals surface area contributed by atoms with Crippen molar-refractivity contribution in [1.82, 2.24) is 5.32 Å². The van der Waals surface area contributed by atoms with E-state index < -0.39 is 23.4 Å². The molecule has 0 aromatic heterocycles. The van der Waals surface area contributed by atoms with Crippen LogP contribution in [0.15, 0.2) is 12.1 Å². The summed E-state index contributed by atoms with van der Waals surface area (Å²) in [6.45, 7) is 0. The zero-order valence-electron chi connectivity index (χ0n) is 11.5. The molecule has 2 atom stereocenters. The van der Waals surface area contributed by atoms with Crippen LogP contribution in [0.3, 0.4) is 0 Å². The van der Waals surface area contributed by atoms with Crippen molar-refractivity contribution in [2.45, 2.75) is 11.4 Å². The highest BCUT2D eigenvalue weighted by Crippen LogP contribution is 2.41. The Morgan fingerprint density at radius 3 is 2.48 bits per heavy atom. The summed E-state index contributed by atoms with van der Waals surface area (Å²) in [5.74, 6) is -1.29. The SMILES string of the molecule is COc1ccc([C@H]2N[C@@H](C(=O)O)CS2)c(C(=O)O)c1OC. The summed E-state index contributed by atoms with van der Waals surface area (Å²) in [6, 6.07) is 2.52. The predicted octanol–water partition coefficient (Wildman–Crippen LogP) is 1.19. The molecule has 0 amide bonds. The number of ether oxygens (including phenoxy) is 2. The van der Waals surface area contributed by atoms with Crippen molar-refractivity contribution in [3.05, 3.63) is 23.3 Å². The number of methoxy groups -OCH3 is 2. The molecular formula is C13H15NO6S. The van der Waals surface area contributed by atoms with Crippen molar-refractivity contribution < 1.29 is 29.3 Å². The summed E-state index contributed by atoms with van der Waals surface area (Å²) >= 11 is 1.34. The fraction of sp³-hybridized carbons (Fsp3) is 0.385. The quantitative estimate of drug-likeness (QED) is 0.744. The Morgan fingerprint density at radius 2 is 2.00 bits per heavy atom. The fourth-order valence-electron chi connectivity index (χ4n) is 2.17. The minimum Gasteiger partial charge on any atom is -0.493 e. The number of hydrogen-bond donors (Lipinski definition) is 3. The standard InChI is InChI=1S/C13H15NO6S/c1-19-8-4-3-6(9(13(17)18)10(8)20-2)11-14-7(5-21-11)12(15)16/h3-4,7,11,14H,5H2,1-2H3,(H,15,16)(H,17,18)/t7-,11+/m1/s1. The van der Waals surface area contributed by atoms with Gasteiger partial charge < -0.3 is 19.7 Å². The Balaban J connectivity index is 2.45. The molecule has 1 aromatic carbocycles. The first kappa shape index (κ1) is 15.5. The van der Waals surface area contributed by atoms with Gasteiger partial charge in [-0.1, -0.05) is 6.07 Å². The summed E-state index contributed by atoms with van der Waals surface area (Å²) in [5.41, 5.74) is 0.446. The van der Waals surface area contributed by atoms with Gasteiger partial charge in [-0.05, 0) is 11.6 Å². The van der Waals surface area contributed by atoms with Gasteiger partial charge in [-0.15, -0.1) is 11.8 Å². The van der Waals surface area contributed by atoms with E-state index in [0.29, 0.717) is 17.1 Å². The highest BCUT2D eigenvalue weighted by molar-refractivity contribution is 7.99. The highest BCUT2D eigenvalue weighted by atomic mass is 32.2. The topological polar surface area (TPSA) is 105 Å². The molecule has 3 N–H and O–H groups in total. The summed E-state index contributed by atoms with van der Waals surface area (Å²) in [6.07, 6.45) is 0. The lowest BCUT2D eigenvalue weighted by molar-refractivity contribution is -0.138. The maximum absolute atomic E-state index is 11.6. The summed E-state index contributed by atoms with van der Waals surface area (Å²) in [5, 5.41) is 20.9. The molecule has 114 valence electrons. The molecule has 21 heavy (non-hydrogen) atoms. The molecule has 8 heteroatoms. The third-order valence-electron chi connectivity index (χ3n) is 3.15. The van der Waals surface area contributed by atoms with Crippen LogP contribution in [-0.2, 0) is 4.79 Å². The Bertz CT molecular complexity index is 576. The van der Waals surface area contributed by atoms with Crippen LogP contribution in [-0.4, -0.2) is 48.2 Å². The molecule has 0 unspecified atom stereocenters. The van der Waals surface area contributed by atoms with Crippen molar-refractivity contribution in [1.29, 1.82) is 0 Å². The van der Waals surface area contributed by atoms with Crippen molar-refractivity contribution >= 4 is 23.7 Å². The van der Waals surface area contributed by atoms with Crippen LogP contribution in [0, 0.1) is 0 Å². The Hall–Kier alpha value is -1.93. The monoisotopic (exact) mass is 313 g/mol. The van der Waals surface area contributed by atoms with Crippen molar-refractivity contribution in [2.24, 2.45) is 0 Å². The second kappa shape index (κ2) is 6.23. The first-order valence-electron chi connectivity index (χ1n) is 6.08. The van der Waals surface area contributed by atoms with Gasteiger partial charge in [0.1, 0.15) is 11.6 Å². The summed E-state index contributed by atoms with van der Waals surface area (Å²) in [7, 11) is 2.79. The van der Waals surface area contributed by atoms with Crippen LogP contribution in [0.5, 0.6) is 11.5 Å². The van der Waals surface area contributed by atoms with Crippen LogP contribution in [0.25, 0.3) is 0 Å². The van der Waals surface area contributed by atoms with Gasteiger partial charge in [-0.2, -0.15) is 0 Å². The predicted molar refractivity (Wildman–Crippen MR) is 76.3 cm³/mol. The Kier molecular flexibility index (Phi) is 4.59. The van der Waals surface area contributed by atoms with Crippen LogP contribution < -0.4 is 14.8 Å². The second-order valence-electron chi connectivity index (χ2n) is 4.34. The van der Waals surface area contributed by atoms with Crippen LogP contribution >= 0.6 is 11.8 Å². The zero-order chi connectivity index (χ0) is 15.6. The number of carbonyl (C=O) groups is 2. The summed E-state index contributed by atoms with van der Waals surface area (Å²) in [4.78, 5) is 22.5. The van der Waals surface area contributed by atoms with Crippen molar-refractivity contribution in [2.75, 3.05) is 20.0 Å². The number of nitrogens with one attached hydrogen (secondary N) is 1. The van der Waals surface area contributed by atoms with E-state index in [4.69, 9.17) is 14.6 Å². The summed E-state index contributed by atoms with van der Waals surface area (Å²) < 4.78 is 10.2. The van der Waals surface area contributed by atoms with Crippen LogP contribution in [0.2, 0.25) is 0 Å². The van der Waals surface area contributed by atoms with Gasteiger partial charge in [0.15, 0.2) is 11.5 Å². The molecule has 7 nitrogen and oxygen atoms in total. The molecule has 1 aromatic rings. The number of thioether (sulfide) groups is 1. The van der Waals surface area contributed by atoms with E-state index in [-0.39, 0.29) is 11.3 Å². The van der Waals surface area contributed by atoms with E-state index in [0.717, 1.165) is 0 Å². The maximum Gasteiger partial charge on any atom is 0.340 e. The number of aliphatic carboxylic acids is 1. The van der Waals surface area contributed by atoms with E-state index in [1.54, 1.807) is 12.1 Å². The molecule has 1 fully saturated rings. The normalized spacial score (nSPS) is 21.0. The first-order chi connectivity index (χ1) is 9.99. The number of benzene rings is 1. The third-order valence-corrected chi connectivity index (χ3v) is 4.40. The Morgan fingerprint density at radius 1 is 1.29 bits per heavy atom. The van der Waals surface area contributed by atoms with E-state index in [1.807, 2.05) is 0 Å². The number of carboxylic acid groups (broad SMARTS) is 2. The number of aromatic carboxylic acids is 1. The van der Waals surface area contributed by atoms with E-state index >= 15 is 0 Å². The molecule has 0 aliphatic carbocycles. The van der Waals surface area contributed by atoms with Crippen molar-refractivity contribution in [3.63, 3.8) is 0 Å². The molecule has 1 saturated heterocycles. The minimum atomic E-state index is -1.15. The molecule has 0 saturated carbocycles. The molecule has 1 heterocycles. The average molecular weight is 313 g/mol. The van der Waals surface area contributed by atoms with E-state index in [1.165, 1.54) is 26.0 Å². The number of rotatable bonds is 5.